The van der Waals surface area contributed by atoms with Crippen LogP contribution in [0.1, 0.15) is 10.5 Å². The Morgan fingerprint density at radius 3 is 2.43 bits per heavy atom. The normalized spacial score (nSPS) is 11.4. The monoisotopic (exact) mass is 254 g/mol. The third-order valence-electron chi connectivity index (χ3n) is 1.21. The summed E-state index contributed by atoms with van der Waals surface area (Å²) >= 11 is 10.6. The Morgan fingerprint density at radius 1 is 1.43 bits per heavy atom. The number of halogens is 2. The summed E-state index contributed by atoms with van der Waals surface area (Å²) in [4.78, 5) is 17.6. The second-order valence-electron chi connectivity index (χ2n) is 2.40. The summed E-state index contributed by atoms with van der Waals surface area (Å²) in [5, 5.41) is -1.56. The topological polar surface area (TPSA) is 77.0 Å². The fourth-order valence-electron chi connectivity index (χ4n) is 0.663. The van der Waals surface area contributed by atoms with Gasteiger partial charge in [-0.1, -0.05) is 11.6 Å². The number of carbonyl (C=O) groups excluding carboxylic acids is 1. The smallest absolute Gasteiger partial charge is 0.271 e. The van der Waals surface area contributed by atoms with Gasteiger partial charge in [0.1, 0.15) is 10.8 Å². The van der Waals surface area contributed by atoms with Gasteiger partial charge in [-0.3, -0.25) is 4.79 Å². The minimum Gasteiger partial charge on any atom is -0.274 e. The summed E-state index contributed by atoms with van der Waals surface area (Å²) in [5.74, 6) is 0. The SMILES string of the molecule is CS(=O)(=O)c1nc(Cl)cc(C(=O)Cl)n1. The van der Waals surface area contributed by atoms with Gasteiger partial charge in [-0.05, 0) is 11.6 Å². The van der Waals surface area contributed by atoms with Crippen LogP contribution < -0.4 is 0 Å². The molecule has 0 unspecified atom stereocenters. The van der Waals surface area contributed by atoms with Crippen LogP contribution in [-0.2, 0) is 9.84 Å². The summed E-state index contributed by atoms with van der Waals surface area (Å²) in [6.45, 7) is 0. The van der Waals surface area contributed by atoms with Crippen LogP contribution in [0.25, 0.3) is 0 Å². The number of sulfone groups is 1. The minimum atomic E-state index is -3.60. The summed E-state index contributed by atoms with van der Waals surface area (Å²) in [6, 6.07) is 1.09. The fourth-order valence-corrected chi connectivity index (χ4v) is 1.52. The molecule has 0 aliphatic rings. The van der Waals surface area contributed by atoms with E-state index in [2.05, 4.69) is 9.97 Å². The van der Waals surface area contributed by atoms with E-state index in [9.17, 15) is 13.2 Å². The van der Waals surface area contributed by atoms with Crippen LogP contribution in [0.3, 0.4) is 0 Å². The van der Waals surface area contributed by atoms with E-state index in [1.165, 1.54) is 0 Å². The van der Waals surface area contributed by atoms with Crippen molar-refractivity contribution in [2.75, 3.05) is 6.26 Å². The highest BCUT2D eigenvalue weighted by atomic mass is 35.5. The lowest BCUT2D eigenvalue weighted by Crippen LogP contribution is -2.07. The molecule has 0 aliphatic carbocycles. The van der Waals surface area contributed by atoms with Gasteiger partial charge in [-0.2, -0.15) is 0 Å². The summed E-state index contributed by atoms with van der Waals surface area (Å²) in [7, 11) is -3.60. The van der Waals surface area contributed by atoms with Gasteiger partial charge < -0.3 is 0 Å². The van der Waals surface area contributed by atoms with Crippen molar-refractivity contribution in [3.8, 4) is 0 Å². The Labute approximate surface area is 90.0 Å². The predicted molar refractivity (Wildman–Crippen MR) is 50.3 cm³/mol. The molecule has 0 aromatic carbocycles. The predicted octanol–water partition coefficient (Wildman–Crippen LogP) is 0.913. The number of hydrogen-bond donors (Lipinski definition) is 0. The molecular formula is C6H4Cl2N2O3S. The molecule has 0 N–H and O–H groups in total. The van der Waals surface area contributed by atoms with Crippen LogP contribution >= 0.6 is 23.2 Å². The van der Waals surface area contributed by atoms with Crippen molar-refractivity contribution in [2.24, 2.45) is 0 Å². The maximum absolute atomic E-state index is 11.0. The largest absolute Gasteiger partial charge is 0.274 e. The molecule has 1 aromatic heterocycles. The molecule has 0 radical (unpaired) electrons. The molecule has 14 heavy (non-hydrogen) atoms. The Morgan fingerprint density at radius 2 is 2.00 bits per heavy atom. The van der Waals surface area contributed by atoms with Crippen LogP contribution in [-0.4, -0.2) is 29.9 Å². The van der Waals surface area contributed by atoms with Gasteiger partial charge >= 0.3 is 0 Å². The zero-order chi connectivity index (χ0) is 10.9. The van der Waals surface area contributed by atoms with Crippen molar-refractivity contribution in [3.63, 3.8) is 0 Å². The first-order chi connectivity index (χ1) is 6.30. The van der Waals surface area contributed by atoms with Crippen molar-refractivity contribution in [1.82, 2.24) is 9.97 Å². The van der Waals surface area contributed by atoms with E-state index >= 15 is 0 Å². The quantitative estimate of drug-likeness (QED) is 0.446. The average molecular weight is 255 g/mol. The second kappa shape index (κ2) is 3.80. The molecule has 0 saturated heterocycles. The molecule has 0 amide bonds. The van der Waals surface area contributed by atoms with Gasteiger partial charge in [0.05, 0.1) is 0 Å². The van der Waals surface area contributed by atoms with E-state index in [1.807, 2.05) is 0 Å². The fraction of sp³-hybridized carbons (Fsp3) is 0.167. The van der Waals surface area contributed by atoms with Crippen LogP contribution in [0.4, 0.5) is 0 Å². The van der Waals surface area contributed by atoms with E-state index < -0.39 is 20.2 Å². The molecule has 8 heteroatoms. The van der Waals surface area contributed by atoms with Gasteiger partial charge in [0, 0.05) is 12.3 Å². The number of nitrogens with zero attached hydrogens (tertiary/aromatic N) is 2. The summed E-state index contributed by atoms with van der Waals surface area (Å²) in [5.41, 5.74) is -0.243. The zero-order valence-electron chi connectivity index (χ0n) is 6.86. The van der Waals surface area contributed by atoms with Gasteiger partial charge in [0.2, 0.25) is 15.0 Å². The van der Waals surface area contributed by atoms with Gasteiger partial charge in [0.25, 0.3) is 5.24 Å². The number of hydrogen-bond acceptors (Lipinski definition) is 5. The Balaban J connectivity index is 3.43. The lowest BCUT2D eigenvalue weighted by molar-refractivity contribution is 0.107. The lowest BCUT2D eigenvalue weighted by atomic mass is 10.4. The molecule has 0 saturated carbocycles. The highest BCUT2D eigenvalue weighted by molar-refractivity contribution is 7.90. The van der Waals surface area contributed by atoms with Crippen molar-refractivity contribution < 1.29 is 13.2 Å². The van der Waals surface area contributed by atoms with Crippen molar-refractivity contribution in [3.05, 3.63) is 16.9 Å². The molecule has 0 spiro atoms. The lowest BCUT2D eigenvalue weighted by Gasteiger charge is -1.99. The van der Waals surface area contributed by atoms with E-state index in [0.29, 0.717) is 0 Å². The standard InChI is InChI=1S/C6H4Cl2N2O3S/c1-14(12,13)6-9-3(5(8)11)2-4(7)10-6/h2H,1H3. The Bertz CT molecular complexity index is 486. The molecule has 1 rings (SSSR count). The van der Waals surface area contributed by atoms with Crippen LogP contribution in [0.2, 0.25) is 5.15 Å². The zero-order valence-corrected chi connectivity index (χ0v) is 9.19. The Hall–Kier alpha value is -0.720. The molecule has 0 fully saturated rings. The molecule has 0 bridgehead atoms. The van der Waals surface area contributed by atoms with Gasteiger partial charge in [0.15, 0.2) is 0 Å². The number of carbonyl (C=O) groups is 1. The van der Waals surface area contributed by atoms with Gasteiger partial charge in [-0.15, -0.1) is 0 Å². The molecule has 1 aromatic rings. The first-order valence-corrected chi connectivity index (χ1v) is 5.90. The van der Waals surface area contributed by atoms with Crippen LogP contribution in [0, 0.1) is 0 Å². The molecular weight excluding hydrogens is 251 g/mol. The van der Waals surface area contributed by atoms with Crippen molar-refractivity contribution in [2.45, 2.75) is 5.16 Å². The van der Waals surface area contributed by atoms with Crippen LogP contribution in [0.15, 0.2) is 11.2 Å². The second-order valence-corrected chi connectivity index (χ2v) is 5.04. The van der Waals surface area contributed by atoms with Crippen molar-refractivity contribution in [1.29, 1.82) is 0 Å². The molecule has 1 heterocycles. The van der Waals surface area contributed by atoms with Crippen LogP contribution in [0.5, 0.6) is 0 Å². The Kier molecular flexibility index (Phi) is 3.08. The highest BCUT2D eigenvalue weighted by Crippen LogP contribution is 2.12. The van der Waals surface area contributed by atoms with E-state index in [-0.39, 0.29) is 10.8 Å². The molecule has 5 nitrogen and oxygen atoms in total. The number of aromatic nitrogens is 2. The van der Waals surface area contributed by atoms with E-state index in [0.717, 1.165) is 12.3 Å². The average Bonchev–Trinajstić information content (AvgIpc) is 2.01. The number of rotatable bonds is 2. The molecule has 0 aliphatic heterocycles. The minimum absolute atomic E-state index is 0.149. The first kappa shape index (κ1) is 11.4. The van der Waals surface area contributed by atoms with E-state index in [4.69, 9.17) is 23.2 Å². The third-order valence-corrected chi connectivity index (χ3v) is 2.44. The summed E-state index contributed by atoms with van der Waals surface area (Å²) in [6.07, 6.45) is 0.904. The summed E-state index contributed by atoms with van der Waals surface area (Å²) < 4.78 is 22.0. The first-order valence-electron chi connectivity index (χ1n) is 3.25. The maximum Gasteiger partial charge on any atom is 0.271 e. The highest BCUT2D eigenvalue weighted by Gasteiger charge is 2.15. The van der Waals surface area contributed by atoms with Gasteiger partial charge in [-0.25, -0.2) is 18.4 Å². The molecule has 76 valence electrons. The van der Waals surface area contributed by atoms with E-state index in [1.54, 1.807) is 0 Å². The maximum atomic E-state index is 11.0. The molecule has 0 atom stereocenters. The third kappa shape index (κ3) is 2.63. The van der Waals surface area contributed by atoms with Crippen molar-refractivity contribution >= 4 is 38.3 Å².